The van der Waals surface area contributed by atoms with Gasteiger partial charge in [0.25, 0.3) is 0 Å². The standard InChI is InChI=1S/C10H21NO2/c1-9(2)5-8(13-7-12)6-10(3,4)11-9/h8,11-12H,5-7H2,1-4H3. The lowest BCUT2D eigenvalue weighted by Crippen LogP contribution is -2.59. The van der Waals surface area contributed by atoms with Crippen molar-refractivity contribution in [2.75, 3.05) is 6.79 Å². The molecule has 0 unspecified atom stereocenters. The molecule has 1 saturated heterocycles. The van der Waals surface area contributed by atoms with Crippen LogP contribution in [0.25, 0.3) is 0 Å². The highest BCUT2D eigenvalue weighted by Gasteiger charge is 2.37. The van der Waals surface area contributed by atoms with Gasteiger partial charge in [0.2, 0.25) is 0 Å². The molecule has 0 atom stereocenters. The van der Waals surface area contributed by atoms with Crippen LogP contribution in [0.15, 0.2) is 0 Å². The van der Waals surface area contributed by atoms with Crippen LogP contribution in [0.1, 0.15) is 40.5 Å². The lowest BCUT2D eigenvalue weighted by atomic mass is 9.81. The average Bonchev–Trinajstić information content (AvgIpc) is 1.78. The van der Waals surface area contributed by atoms with Crippen LogP contribution in [0.2, 0.25) is 0 Å². The van der Waals surface area contributed by atoms with Gasteiger partial charge in [-0.3, -0.25) is 0 Å². The Kier molecular flexibility index (Phi) is 3.00. The van der Waals surface area contributed by atoms with Crippen molar-refractivity contribution in [3.8, 4) is 0 Å². The molecule has 3 nitrogen and oxygen atoms in total. The quantitative estimate of drug-likeness (QED) is 0.639. The van der Waals surface area contributed by atoms with E-state index in [0.717, 1.165) is 12.8 Å². The third-order valence-electron chi connectivity index (χ3n) is 2.46. The van der Waals surface area contributed by atoms with Crippen molar-refractivity contribution >= 4 is 0 Å². The number of hydrogen-bond donors (Lipinski definition) is 2. The Bertz CT molecular complexity index is 162. The van der Waals surface area contributed by atoms with E-state index in [1.165, 1.54) is 0 Å². The van der Waals surface area contributed by atoms with Gasteiger partial charge in [-0.15, -0.1) is 0 Å². The van der Waals surface area contributed by atoms with Crippen molar-refractivity contribution in [2.45, 2.75) is 57.7 Å². The van der Waals surface area contributed by atoms with Crippen molar-refractivity contribution in [3.05, 3.63) is 0 Å². The van der Waals surface area contributed by atoms with Gasteiger partial charge < -0.3 is 15.2 Å². The van der Waals surface area contributed by atoms with Crippen LogP contribution in [0, 0.1) is 0 Å². The fourth-order valence-electron chi connectivity index (χ4n) is 2.45. The molecule has 1 rings (SSSR count). The molecule has 1 fully saturated rings. The van der Waals surface area contributed by atoms with Crippen molar-refractivity contribution in [1.82, 2.24) is 5.32 Å². The van der Waals surface area contributed by atoms with Crippen molar-refractivity contribution < 1.29 is 9.84 Å². The summed E-state index contributed by atoms with van der Waals surface area (Å²) in [5.41, 5.74) is 0.198. The first-order valence-corrected chi connectivity index (χ1v) is 4.86. The topological polar surface area (TPSA) is 41.5 Å². The Balaban J connectivity index is 2.61. The molecule has 13 heavy (non-hydrogen) atoms. The summed E-state index contributed by atoms with van der Waals surface area (Å²) < 4.78 is 5.27. The zero-order chi connectivity index (χ0) is 10.1. The summed E-state index contributed by atoms with van der Waals surface area (Å²) in [5, 5.41) is 12.3. The highest BCUT2D eigenvalue weighted by Crippen LogP contribution is 2.29. The van der Waals surface area contributed by atoms with Gasteiger partial charge in [-0.25, -0.2) is 0 Å². The maximum atomic E-state index is 8.72. The van der Waals surface area contributed by atoms with E-state index in [9.17, 15) is 0 Å². The van der Waals surface area contributed by atoms with Gasteiger partial charge in [0.15, 0.2) is 0 Å². The fraction of sp³-hybridized carbons (Fsp3) is 1.00. The smallest absolute Gasteiger partial charge is 0.143 e. The molecule has 0 amide bonds. The second-order valence-electron chi connectivity index (χ2n) is 5.22. The maximum Gasteiger partial charge on any atom is 0.143 e. The summed E-state index contributed by atoms with van der Waals surface area (Å²) in [6.45, 7) is 8.50. The molecule has 1 heterocycles. The van der Waals surface area contributed by atoms with E-state index in [-0.39, 0.29) is 24.0 Å². The summed E-state index contributed by atoms with van der Waals surface area (Å²) in [4.78, 5) is 0. The third-order valence-corrected chi connectivity index (χ3v) is 2.46. The number of rotatable bonds is 2. The van der Waals surface area contributed by atoms with E-state index in [4.69, 9.17) is 9.84 Å². The summed E-state index contributed by atoms with van der Waals surface area (Å²) in [5.74, 6) is 0. The van der Waals surface area contributed by atoms with E-state index in [2.05, 4.69) is 33.0 Å². The van der Waals surface area contributed by atoms with Crippen LogP contribution in [0.3, 0.4) is 0 Å². The Labute approximate surface area is 80.5 Å². The monoisotopic (exact) mass is 187 g/mol. The van der Waals surface area contributed by atoms with E-state index < -0.39 is 0 Å². The van der Waals surface area contributed by atoms with Crippen LogP contribution >= 0.6 is 0 Å². The lowest BCUT2D eigenvalue weighted by Gasteiger charge is -2.46. The molecule has 2 N–H and O–H groups in total. The molecule has 0 saturated carbocycles. The summed E-state index contributed by atoms with van der Waals surface area (Å²) in [7, 11) is 0. The van der Waals surface area contributed by atoms with Crippen molar-refractivity contribution in [3.63, 3.8) is 0 Å². The van der Waals surface area contributed by atoms with Gasteiger partial charge in [0.1, 0.15) is 6.79 Å². The number of aliphatic hydroxyl groups is 1. The van der Waals surface area contributed by atoms with Gasteiger partial charge in [-0.1, -0.05) is 0 Å². The van der Waals surface area contributed by atoms with Gasteiger partial charge in [0, 0.05) is 11.1 Å². The summed E-state index contributed by atoms with van der Waals surface area (Å²) in [6, 6.07) is 0. The number of hydrogen-bond acceptors (Lipinski definition) is 3. The molecular formula is C10H21NO2. The molecule has 0 aliphatic carbocycles. The van der Waals surface area contributed by atoms with Crippen molar-refractivity contribution in [1.29, 1.82) is 0 Å². The number of aliphatic hydroxyl groups excluding tert-OH is 1. The Morgan fingerprint density at radius 3 is 2.08 bits per heavy atom. The molecule has 0 bridgehead atoms. The van der Waals surface area contributed by atoms with E-state index >= 15 is 0 Å². The van der Waals surface area contributed by atoms with E-state index in [1.54, 1.807) is 0 Å². The molecule has 0 aromatic heterocycles. The maximum absolute atomic E-state index is 8.72. The Morgan fingerprint density at radius 1 is 1.23 bits per heavy atom. The first kappa shape index (κ1) is 11.0. The van der Waals surface area contributed by atoms with Gasteiger partial charge >= 0.3 is 0 Å². The lowest BCUT2D eigenvalue weighted by molar-refractivity contribution is -0.0871. The number of nitrogens with one attached hydrogen (secondary N) is 1. The van der Waals surface area contributed by atoms with Gasteiger partial charge in [-0.2, -0.15) is 0 Å². The predicted molar refractivity (Wildman–Crippen MR) is 52.5 cm³/mol. The summed E-state index contributed by atoms with van der Waals surface area (Å²) in [6.07, 6.45) is 2.09. The fourth-order valence-corrected chi connectivity index (χ4v) is 2.45. The molecule has 0 aromatic carbocycles. The van der Waals surface area contributed by atoms with Crippen LogP contribution in [-0.4, -0.2) is 29.1 Å². The van der Waals surface area contributed by atoms with Crippen LogP contribution in [0.4, 0.5) is 0 Å². The highest BCUT2D eigenvalue weighted by atomic mass is 16.6. The molecule has 0 aromatic rings. The molecule has 1 aliphatic heterocycles. The minimum atomic E-state index is -0.170. The molecule has 3 heteroatoms. The molecule has 1 aliphatic rings. The van der Waals surface area contributed by atoms with Crippen LogP contribution in [0.5, 0.6) is 0 Å². The van der Waals surface area contributed by atoms with Crippen LogP contribution < -0.4 is 5.32 Å². The number of piperidine rings is 1. The largest absolute Gasteiger partial charge is 0.371 e. The minimum absolute atomic E-state index is 0.0988. The van der Waals surface area contributed by atoms with E-state index in [0.29, 0.717) is 0 Å². The molecule has 78 valence electrons. The first-order chi connectivity index (χ1) is 5.85. The summed E-state index contributed by atoms with van der Waals surface area (Å²) >= 11 is 0. The van der Waals surface area contributed by atoms with Gasteiger partial charge in [-0.05, 0) is 40.5 Å². The first-order valence-electron chi connectivity index (χ1n) is 4.86. The molecule has 0 spiro atoms. The normalized spacial score (nSPS) is 27.5. The highest BCUT2D eigenvalue weighted by molar-refractivity contribution is 4.97. The third kappa shape index (κ3) is 3.25. The zero-order valence-corrected chi connectivity index (χ0v) is 9.05. The van der Waals surface area contributed by atoms with E-state index in [1.807, 2.05) is 0 Å². The van der Waals surface area contributed by atoms with Crippen molar-refractivity contribution in [2.24, 2.45) is 0 Å². The predicted octanol–water partition coefficient (Wildman–Crippen LogP) is 1.26. The Hall–Kier alpha value is -0.120. The second kappa shape index (κ2) is 3.56. The molecule has 0 radical (unpaired) electrons. The zero-order valence-electron chi connectivity index (χ0n) is 9.05. The number of ether oxygens (including phenoxy) is 1. The second-order valence-corrected chi connectivity index (χ2v) is 5.22. The SMILES string of the molecule is CC1(C)CC(OCO)CC(C)(C)N1. The van der Waals surface area contributed by atoms with Crippen LogP contribution in [-0.2, 0) is 4.74 Å². The minimum Gasteiger partial charge on any atom is -0.371 e. The Morgan fingerprint density at radius 2 is 1.69 bits per heavy atom. The van der Waals surface area contributed by atoms with Gasteiger partial charge in [0.05, 0.1) is 6.10 Å². The average molecular weight is 187 g/mol. The molecular weight excluding hydrogens is 166 g/mol.